The summed E-state index contributed by atoms with van der Waals surface area (Å²) in [5.74, 6) is 0.382. The molecule has 0 aliphatic carbocycles. The summed E-state index contributed by atoms with van der Waals surface area (Å²) in [7, 11) is -3.84. The zero-order valence-corrected chi connectivity index (χ0v) is 11.9. The van der Waals surface area contributed by atoms with Gasteiger partial charge in [0.15, 0.2) is 0 Å². The van der Waals surface area contributed by atoms with Crippen molar-refractivity contribution in [1.29, 1.82) is 0 Å². The molecule has 1 saturated heterocycles. The van der Waals surface area contributed by atoms with Crippen molar-refractivity contribution in [3.63, 3.8) is 0 Å². The van der Waals surface area contributed by atoms with Gasteiger partial charge in [0, 0.05) is 25.2 Å². The van der Waals surface area contributed by atoms with Crippen LogP contribution in [0, 0.1) is 16.0 Å². The molecule has 1 unspecified atom stereocenters. The third kappa shape index (κ3) is 3.45. The molecular weight excluding hydrogens is 284 g/mol. The minimum absolute atomic E-state index is 0.0776. The van der Waals surface area contributed by atoms with Crippen molar-refractivity contribution in [2.45, 2.75) is 19.8 Å². The molecule has 1 fully saturated rings. The number of non-ortho nitro benzene ring substituents is 1. The fourth-order valence-corrected chi connectivity index (χ4v) is 3.40. The van der Waals surface area contributed by atoms with Gasteiger partial charge < -0.3 is 4.18 Å². The molecule has 1 aliphatic rings. The van der Waals surface area contributed by atoms with E-state index in [0.29, 0.717) is 19.0 Å². The number of nitrogens with zero attached hydrogens (tertiary/aromatic N) is 2. The molecule has 0 radical (unpaired) electrons. The summed E-state index contributed by atoms with van der Waals surface area (Å²) < 4.78 is 30.5. The fraction of sp³-hybridized carbons (Fsp3) is 0.500. The molecule has 110 valence electrons. The number of nitro groups is 1. The van der Waals surface area contributed by atoms with E-state index in [0.717, 1.165) is 12.8 Å². The van der Waals surface area contributed by atoms with E-state index < -0.39 is 15.2 Å². The molecule has 0 aromatic heterocycles. The molecule has 1 heterocycles. The number of rotatable bonds is 4. The zero-order valence-electron chi connectivity index (χ0n) is 11.1. The highest BCUT2D eigenvalue weighted by molar-refractivity contribution is 7.84. The van der Waals surface area contributed by atoms with Crippen molar-refractivity contribution in [2.24, 2.45) is 5.92 Å². The molecule has 1 atom stereocenters. The highest BCUT2D eigenvalue weighted by Crippen LogP contribution is 2.23. The number of hydrogen-bond donors (Lipinski definition) is 0. The maximum Gasteiger partial charge on any atom is 0.385 e. The fourth-order valence-electron chi connectivity index (χ4n) is 2.15. The molecule has 20 heavy (non-hydrogen) atoms. The van der Waals surface area contributed by atoms with Crippen molar-refractivity contribution in [3.8, 4) is 5.75 Å². The van der Waals surface area contributed by atoms with Gasteiger partial charge in [-0.3, -0.25) is 10.1 Å². The SMILES string of the molecule is CC1CCCN(S(=O)(=O)Oc2ccc([N+](=O)[O-])cc2)C1. The average Bonchev–Trinajstić information content (AvgIpc) is 2.39. The van der Waals surface area contributed by atoms with Crippen LogP contribution in [0.2, 0.25) is 0 Å². The summed E-state index contributed by atoms with van der Waals surface area (Å²) in [6.07, 6.45) is 1.81. The maximum atomic E-state index is 12.1. The second kappa shape index (κ2) is 5.76. The Bertz CT molecular complexity index is 584. The summed E-state index contributed by atoms with van der Waals surface area (Å²) in [4.78, 5) is 9.97. The molecule has 0 spiro atoms. The highest BCUT2D eigenvalue weighted by Gasteiger charge is 2.28. The number of hydrogen-bond acceptors (Lipinski definition) is 5. The smallest absolute Gasteiger partial charge is 0.371 e. The summed E-state index contributed by atoms with van der Waals surface area (Å²) in [6, 6.07) is 4.99. The normalized spacial score (nSPS) is 20.6. The summed E-state index contributed by atoms with van der Waals surface area (Å²) in [6.45, 7) is 2.88. The molecule has 1 aromatic rings. The Kier molecular flexibility index (Phi) is 4.24. The van der Waals surface area contributed by atoms with Gasteiger partial charge in [0.2, 0.25) is 0 Å². The Labute approximate surface area is 117 Å². The van der Waals surface area contributed by atoms with Crippen LogP contribution in [-0.4, -0.2) is 30.7 Å². The van der Waals surface area contributed by atoms with Crippen molar-refractivity contribution >= 4 is 16.0 Å². The Morgan fingerprint density at radius 1 is 1.35 bits per heavy atom. The standard InChI is InChI=1S/C12H16N2O5S/c1-10-3-2-8-13(9-10)20(17,18)19-12-6-4-11(5-7-12)14(15)16/h4-7,10H,2-3,8-9H2,1H3. The first-order chi connectivity index (χ1) is 9.38. The van der Waals surface area contributed by atoms with Crippen LogP contribution < -0.4 is 4.18 Å². The van der Waals surface area contributed by atoms with Crippen LogP contribution >= 0.6 is 0 Å². The van der Waals surface area contributed by atoms with E-state index in [4.69, 9.17) is 4.18 Å². The quantitative estimate of drug-likeness (QED) is 0.626. The maximum absolute atomic E-state index is 12.1. The molecule has 7 nitrogen and oxygen atoms in total. The predicted molar refractivity (Wildman–Crippen MR) is 72.6 cm³/mol. The first kappa shape index (κ1) is 14.7. The lowest BCUT2D eigenvalue weighted by Crippen LogP contribution is -2.41. The second-order valence-electron chi connectivity index (χ2n) is 4.90. The zero-order chi connectivity index (χ0) is 14.8. The summed E-state index contributed by atoms with van der Waals surface area (Å²) in [5, 5.41) is 10.5. The van der Waals surface area contributed by atoms with Crippen molar-refractivity contribution in [3.05, 3.63) is 34.4 Å². The largest absolute Gasteiger partial charge is 0.385 e. The lowest BCUT2D eigenvalue weighted by atomic mass is 10.0. The van der Waals surface area contributed by atoms with Crippen molar-refractivity contribution in [1.82, 2.24) is 4.31 Å². The van der Waals surface area contributed by atoms with Crippen LogP contribution in [0.1, 0.15) is 19.8 Å². The van der Waals surface area contributed by atoms with Gasteiger partial charge >= 0.3 is 10.3 Å². The molecule has 0 saturated carbocycles. The van der Waals surface area contributed by atoms with Crippen LogP contribution in [-0.2, 0) is 10.3 Å². The second-order valence-corrected chi connectivity index (χ2v) is 6.44. The number of benzene rings is 1. The van der Waals surface area contributed by atoms with Crippen molar-refractivity contribution in [2.75, 3.05) is 13.1 Å². The molecule has 8 heteroatoms. The van der Waals surface area contributed by atoms with E-state index in [2.05, 4.69) is 0 Å². The van der Waals surface area contributed by atoms with Crippen LogP contribution in [0.15, 0.2) is 24.3 Å². The van der Waals surface area contributed by atoms with Crippen molar-refractivity contribution < 1.29 is 17.5 Å². The van der Waals surface area contributed by atoms with Gasteiger partial charge in [0.25, 0.3) is 5.69 Å². The van der Waals surface area contributed by atoms with Gasteiger partial charge in [-0.15, -0.1) is 0 Å². The van der Waals surface area contributed by atoms with Crippen LogP contribution in [0.4, 0.5) is 5.69 Å². The Hall–Kier alpha value is -1.67. The third-order valence-corrected chi connectivity index (χ3v) is 4.55. The highest BCUT2D eigenvalue weighted by atomic mass is 32.2. The number of piperidine rings is 1. The minimum Gasteiger partial charge on any atom is -0.371 e. The van der Waals surface area contributed by atoms with Crippen LogP contribution in [0.25, 0.3) is 0 Å². The van der Waals surface area contributed by atoms with E-state index in [-0.39, 0.29) is 11.4 Å². The van der Waals surface area contributed by atoms with Gasteiger partial charge in [0.05, 0.1) is 4.92 Å². The van der Waals surface area contributed by atoms with E-state index in [9.17, 15) is 18.5 Å². The lowest BCUT2D eigenvalue weighted by molar-refractivity contribution is -0.384. The topological polar surface area (TPSA) is 89.8 Å². The Morgan fingerprint density at radius 2 is 2.00 bits per heavy atom. The van der Waals surface area contributed by atoms with Gasteiger partial charge in [0.1, 0.15) is 5.75 Å². The predicted octanol–water partition coefficient (Wildman–Crippen LogP) is 1.95. The van der Waals surface area contributed by atoms with E-state index in [1.165, 1.54) is 28.6 Å². The first-order valence-electron chi connectivity index (χ1n) is 6.32. The molecular formula is C12H16N2O5S. The monoisotopic (exact) mass is 300 g/mol. The summed E-state index contributed by atoms with van der Waals surface area (Å²) >= 11 is 0. The van der Waals surface area contributed by atoms with E-state index in [1.807, 2.05) is 6.92 Å². The Balaban J connectivity index is 2.09. The van der Waals surface area contributed by atoms with E-state index in [1.54, 1.807) is 0 Å². The number of nitro benzene ring substituents is 1. The molecule has 0 amide bonds. The molecule has 1 aliphatic heterocycles. The van der Waals surface area contributed by atoms with Gasteiger partial charge in [-0.1, -0.05) is 6.92 Å². The summed E-state index contributed by atoms with van der Waals surface area (Å²) in [5.41, 5.74) is -0.110. The van der Waals surface area contributed by atoms with Crippen LogP contribution in [0.3, 0.4) is 0 Å². The van der Waals surface area contributed by atoms with Gasteiger partial charge in [-0.05, 0) is 30.9 Å². The minimum atomic E-state index is -3.84. The van der Waals surface area contributed by atoms with Gasteiger partial charge in [-0.2, -0.15) is 12.7 Å². The lowest BCUT2D eigenvalue weighted by Gasteiger charge is -2.29. The molecule has 0 bridgehead atoms. The molecule has 1 aromatic carbocycles. The first-order valence-corrected chi connectivity index (χ1v) is 7.69. The molecule has 2 rings (SSSR count). The third-order valence-electron chi connectivity index (χ3n) is 3.19. The van der Waals surface area contributed by atoms with Gasteiger partial charge in [-0.25, -0.2) is 0 Å². The van der Waals surface area contributed by atoms with E-state index >= 15 is 0 Å². The van der Waals surface area contributed by atoms with Crippen LogP contribution in [0.5, 0.6) is 5.75 Å². The average molecular weight is 300 g/mol. The molecule has 0 N–H and O–H groups in total. The Morgan fingerprint density at radius 3 is 2.55 bits per heavy atom.